The maximum Gasteiger partial charge on any atom is 0.233 e. The van der Waals surface area contributed by atoms with Crippen LogP contribution < -0.4 is 10.1 Å². The molecule has 2 atom stereocenters. The Morgan fingerprint density at radius 3 is 2.62 bits per heavy atom. The molecule has 2 aromatic rings. The molecular weight excluding hydrogens is 329 g/mol. The predicted octanol–water partition coefficient (Wildman–Crippen LogP) is 2.96. The summed E-state index contributed by atoms with van der Waals surface area (Å²) in [5.74, 6) is 0.279. The second kappa shape index (κ2) is 8.59. The fraction of sp³-hybridized carbons (Fsp3) is 0.278. The van der Waals surface area contributed by atoms with E-state index >= 15 is 0 Å². The maximum absolute atomic E-state index is 12.9. The molecule has 0 aromatic heterocycles. The molecule has 0 aliphatic carbocycles. The van der Waals surface area contributed by atoms with E-state index in [1.165, 1.54) is 12.1 Å². The van der Waals surface area contributed by atoms with Gasteiger partial charge < -0.3 is 10.1 Å². The van der Waals surface area contributed by atoms with Gasteiger partial charge in [0.05, 0.1) is 13.2 Å². The summed E-state index contributed by atoms with van der Waals surface area (Å²) < 4.78 is 30.2. The molecule has 1 amide bonds. The summed E-state index contributed by atoms with van der Waals surface area (Å²) in [6.45, 7) is 1.80. The first-order chi connectivity index (χ1) is 11.5. The molecule has 0 heterocycles. The Hall–Kier alpha value is -2.21. The van der Waals surface area contributed by atoms with Gasteiger partial charge in [-0.15, -0.1) is 0 Å². The van der Waals surface area contributed by atoms with Gasteiger partial charge >= 0.3 is 0 Å². The van der Waals surface area contributed by atoms with Crippen molar-refractivity contribution in [3.8, 4) is 5.75 Å². The summed E-state index contributed by atoms with van der Waals surface area (Å²) in [5, 5.41) is 2.78. The highest BCUT2D eigenvalue weighted by molar-refractivity contribution is 7.84. The van der Waals surface area contributed by atoms with Gasteiger partial charge in [-0.05, 0) is 42.3 Å². The lowest BCUT2D eigenvalue weighted by Gasteiger charge is -2.14. The third-order valence-corrected chi connectivity index (χ3v) is 4.74. The number of benzene rings is 2. The van der Waals surface area contributed by atoms with Crippen LogP contribution in [0.1, 0.15) is 24.1 Å². The van der Waals surface area contributed by atoms with Crippen LogP contribution in [0.3, 0.4) is 0 Å². The number of nitrogens with one attached hydrogen (secondary N) is 1. The van der Waals surface area contributed by atoms with Crippen LogP contribution in [0.2, 0.25) is 0 Å². The summed E-state index contributed by atoms with van der Waals surface area (Å²) in [7, 11) is 0.254. The zero-order valence-electron chi connectivity index (χ0n) is 13.6. The third kappa shape index (κ3) is 5.45. The van der Waals surface area contributed by atoms with Crippen molar-refractivity contribution in [1.29, 1.82) is 0 Å². The average Bonchev–Trinajstić information content (AvgIpc) is 2.55. The normalized spacial score (nSPS) is 13.1. The van der Waals surface area contributed by atoms with Crippen LogP contribution in [0, 0.1) is 5.82 Å². The van der Waals surface area contributed by atoms with Crippen LogP contribution in [0.4, 0.5) is 4.39 Å². The highest BCUT2D eigenvalue weighted by Gasteiger charge is 2.13. The average molecular weight is 349 g/mol. The quantitative estimate of drug-likeness (QED) is 0.836. The predicted molar refractivity (Wildman–Crippen MR) is 92.7 cm³/mol. The lowest BCUT2D eigenvalue weighted by molar-refractivity contribution is -0.119. The van der Waals surface area contributed by atoms with Crippen LogP contribution in [-0.4, -0.2) is 23.0 Å². The molecule has 0 aliphatic rings. The van der Waals surface area contributed by atoms with Gasteiger partial charge in [0, 0.05) is 16.6 Å². The Bertz CT molecular complexity index is 718. The topological polar surface area (TPSA) is 55.4 Å². The fourth-order valence-corrected chi connectivity index (χ4v) is 3.29. The Kier molecular flexibility index (Phi) is 6.49. The number of carbonyl (C=O) groups excluding carboxylic acids is 1. The molecule has 2 aromatic carbocycles. The zero-order valence-corrected chi connectivity index (χ0v) is 14.4. The molecule has 6 heteroatoms. The van der Waals surface area contributed by atoms with E-state index in [-0.39, 0.29) is 29.3 Å². The molecule has 0 spiro atoms. The van der Waals surface area contributed by atoms with Crippen molar-refractivity contribution >= 4 is 16.7 Å². The monoisotopic (exact) mass is 349 g/mol. The van der Waals surface area contributed by atoms with Crippen LogP contribution in [0.5, 0.6) is 5.75 Å². The minimum atomic E-state index is -1.32. The standard InChI is InChI=1S/C18H20FNO3S/c1-13(15-6-8-16(19)9-7-15)20-18(21)12-24(22)11-14-4-3-5-17(10-14)23-2/h3-10,13H,11-12H2,1-2H3,(H,20,21)/t13-,24-/m1/s1. The number of halogens is 1. The number of amides is 1. The van der Waals surface area contributed by atoms with E-state index in [0.717, 1.165) is 11.1 Å². The molecule has 0 saturated carbocycles. The largest absolute Gasteiger partial charge is 0.497 e. The molecule has 24 heavy (non-hydrogen) atoms. The second-order valence-electron chi connectivity index (χ2n) is 5.42. The smallest absolute Gasteiger partial charge is 0.233 e. The van der Waals surface area contributed by atoms with E-state index in [1.807, 2.05) is 18.2 Å². The van der Waals surface area contributed by atoms with Crippen molar-refractivity contribution in [3.63, 3.8) is 0 Å². The molecule has 0 fully saturated rings. The summed E-state index contributed by atoms with van der Waals surface area (Å²) in [6, 6.07) is 12.9. The van der Waals surface area contributed by atoms with Gasteiger partial charge in [-0.25, -0.2) is 4.39 Å². The van der Waals surface area contributed by atoms with Gasteiger partial charge in [-0.3, -0.25) is 9.00 Å². The number of carbonyl (C=O) groups is 1. The summed E-state index contributed by atoms with van der Waals surface area (Å²) in [4.78, 5) is 12.0. The molecular formula is C18H20FNO3S. The van der Waals surface area contributed by atoms with Crippen LogP contribution >= 0.6 is 0 Å². The van der Waals surface area contributed by atoms with E-state index in [4.69, 9.17) is 4.74 Å². The first-order valence-corrected chi connectivity index (χ1v) is 8.99. The molecule has 2 rings (SSSR count). The van der Waals surface area contributed by atoms with E-state index in [0.29, 0.717) is 5.75 Å². The molecule has 0 radical (unpaired) electrons. The fourth-order valence-electron chi connectivity index (χ4n) is 2.26. The molecule has 1 N–H and O–H groups in total. The van der Waals surface area contributed by atoms with Gasteiger partial charge in [0.2, 0.25) is 5.91 Å². The number of ether oxygens (including phenoxy) is 1. The van der Waals surface area contributed by atoms with Crippen LogP contribution in [0.15, 0.2) is 48.5 Å². The molecule has 128 valence electrons. The SMILES string of the molecule is COc1cccc(C[S@@](=O)CC(=O)N[C@H](C)c2ccc(F)cc2)c1. The maximum atomic E-state index is 12.9. The minimum absolute atomic E-state index is 0.0806. The van der Waals surface area contributed by atoms with Crippen LogP contribution in [-0.2, 0) is 21.3 Å². The number of methoxy groups -OCH3 is 1. The van der Waals surface area contributed by atoms with Gasteiger partial charge in [0.15, 0.2) is 0 Å². The first kappa shape index (κ1) is 18.1. The van der Waals surface area contributed by atoms with Gasteiger partial charge in [0.1, 0.15) is 17.3 Å². The van der Waals surface area contributed by atoms with E-state index < -0.39 is 10.8 Å². The third-order valence-electron chi connectivity index (χ3n) is 3.50. The minimum Gasteiger partial charge on any atom is -0.497 e. The number of hydrogen-bond donors (Lipinski definition) is 1. The van der Waals surface area contributed by atoms with Crippen molar-refractivity contribution in [2.45, 2.75) is 18.7 Å². The first-order valence-electron chi connectivity index (χ1n) is 7.50. The van der Waals surface area contributed by atoms with Crippen molar-refractivity contribution in [2.75, 3.05) is 12.9 Å². The lowest BCUT2D eigenvalue weighted by atomic mass is 10.1. The number of rotatable bonds is 7. The highest BCUT2D eigenvalue weighted by atomic mass is 32.2. The van der Waals surface area contributed by atoms with Crippen molar-refractivity contribution in [1.82, 2.24) is 5.32 Å². The molecule has 0 aliphatic heterocycles. The second-order valence-corrected chi connectivity index (χ2v) is 6.88. The van der Waals surface area contributed by atoms with Crippen molar-refractivity contribution in [2.24, 2.45) is 0 Å². The zero-order chi connectivity index (χ0) is 17.5. The lowest BCUT2D eigenvalue weighted by Crippen LogP contribution is -2.31. The highest BCUT2D eigenvalue weighted by Crippen LogP contribution is 2.15. The Morgan fingerprint density at radius 2 is 1.96 bits per heavy atom. The Labute approximate surface area is 143 Å². The Balaban J connectivity index is 1.86. The van der Waals surface area contributed by atoms with Gasteiger partial charge in [-0.2, -0.15) is 0 Å². The molecule has 0 saturated heterocycles. The van der Waals surface area contributed by atoms with E-state index in [1.54, 1.807) is 32.2 Å². The Morgan fingerprint density at radius 1 is 1.25 bits per heavy atom. The molecule has 4 nitrogen and oxygen atoms in total. The molecule has 0 unspecified atom stereocenters. The van der Waals surface area contributed by atoms with Crippen molar-refractivity contribution in [3.05, 3.63) is 65.5 Å². The summed E-state index contributed by atoms with van der Waals surface area (Å²) in [6.07, 6.45) is 0. The van der Waals surface area contributed by atoms with Crippen molar-refractivity contribution < 1.29 is 18.1 Å². The van der Waals surface area contributed by atoms with Gasteiger partial charge in [-0.1, -0.05) is 24.3 Å². The molecule has 0 bridgehead atoms. The summed E-state index contributed by atoms with van der Waals surface area (Å²) >= 11 is 0. The van der Waals surface area contributed by atoms with Crippen LogP contribution in [0.25, 0.3) is 0 Å². The van der Waals surface area contributed by atoms with E-state index in [9.17, 15) is 13.4 Å². The van der Waals surface area contributed by atoms with E-state index in [2.05, 4.69) is 5.32 Å². The number of hydrogen-bond acceptors (Lipinski definition) is 3. The van der Waals surface area contributed by atoms with Gasteiger partial charge in [0.25, 0.3) is 0 Å². The summed E-state index contributed by atoms with van der Waals surface area (Å²) in [5.41, 5.74) is 1.65.